The van der Waals surface area contributed by atoms with Crippen molar-refractivity contribution < 1.29 is 14.3 Å². The topological polar surface area (TPSA) is 69.2 Å². The van der Waals surface area contributed by atoms with Gasteiger partial charge in [0.25, 0.3) is 0 Å². The zero-order chi connectivity index (χ0) is 10.2. The molecular formula is C9H8N2O3. The second-order valence-corrected chi connectivity index (χ2v) is 3.36. The molecule has 2 rings (SSSR count). The number of nitrogens with zero attached hydrogens (tertiary/aromatic N) is 2. The summed E-state index contributed by atoms with van der Waals surface area (Å²) in [7, 11) is 0. The largest absolute Gasteiger partial charge is 0.392 e. The van der Waals surface area contributed by atoms with Crippen molar-refractivity contribution in [3.63, 3.8) is 0 Å². The average molecular weight is 192 g/mol. The summed E-state index contributed by atoms with van der Waals surface area (Å²) in [6.45, 7) is 1.63. The first-order valence-electron chi connectivity index (χ1n) is 4.14. The molecule has 1 saturated heterocycles. The number of carbonyl (C=O) groups excluding carboxylic acids is 2. The van der Waals surface area contributed by atoms with Crippen LogP contribution in [0.5, 0.6) is 0 Å². The van der Waals surface area contributed by atoms with Gasteiger partial charge in [0, 0.05) is 18.6 Å². The van der Waals surface area contributed by atoms with Gasteiger partial charge in [-0.25, -0.2) is 0 Å². The Morgan fingerprint density at radius 3 is 2.71 bits per heavy atom. The fourth-order valence-corrected chi connectivity index (χ4v) is 1.39. The summed E-state index contributed by atoms with van der Waals surface area (Å²) in [5.74, 6) is -1.06. The van der Waals surface area contributed by atoms with E-state index in [-0.39, 0.29) is 6.42 Å². The second-order valence-electron chi connectivity index (χ2n) is 3.36. The highest BCUT2D eigenvalue weighted by Crippen LogP contribution is 2.32. The molecule has 1 atom stereocenters. The summed E-state index contributed by atoms with van der Waals surface area (Å²) in [4.78, 5) is 30.2. The normalized spacial score (nSPS) is 26.4. The van der Waals surface area contributed by atoms with E-state index in [1.807, 2.05) is 0 Å². The van der Waals surface area contributed by atoms with Crippen LogP contribution in [0.3, 0.4) is 0 Å². The maximum Gasteiger partial charge on any atom is 0.326 e. The summed E-state index contributed by atoms with van der Waals surface area (Å²) in [5.41, 5.74) is -0.499. The Hall–Kier alpha value is -1.78. The molecule has 2 heterocycles. The van der Waals surface area contributed by atoms with Crippen LogP contribution in [0, 0.1) is 0 Å². The Kier molecular flexibility index (Phi) is 1.80. The average Bonchev–Trinajstić information content (AvgIpc) is 2.43. The van der Waals surface area contributed by atoms with Crippen LogP contribution in [0.2, 0.25) is 0 Å². The summed E-state index contributed by atoms with van der Waals surface area (Å²) in [6.07, 6.45) is 4.50. The first-order chi connectivity index (χ1) is 6.63. The SMILES string of the molecule is CC1(c2cnccn2)CC(=O)OC1=O. The van der Waals surface area contributed by atoms with Crippen molar-refractivity contribution in [1.82, 2.24) is 9.97 Å². The van der Waals surface area contributed by atoms with Gasteiger partial charge in [0.05, 0.1) is 12.1 Å². The van der Waals surface area contributed by atoms with E-state index < -0.39 is 17.4 Å². The van der Waals surface area contributed by atoms with Crippen molar-refractivity contribution in [3.8, 4) is 0 Å². The van der Waals surface area contributed by atoms with E-state index in [0.717, 1.165) is 0 Å². The van der Waals surface area contributed by atoms with Gasteiger partial charge in [-0.2, -0.15) is 0 Å². The van der Waals surface area contributed by atoms with E-state index in [9.17, 15) is 9.59 Å². The lowest BCUT2D eigenvalue weighted by atomic mass is 9.85. The van der Waals surface area contributed by atoms with Crippen LogP contribution in [0.4, 0.5) is 0 Å². The minimum absolute atomic E-state index is 0.0323. The third-order valence-corrected chi connectivity index (χ3v) is 2.28. The van der Waals surface area contributed by atoms with Crippen LogP contribution in [-0.2, 0) is 19.7 Å². The molecule has 1 aliphatic rings. The molecule has 0 radical (unpaired) electrons. The Balaban J connectivity index is 2.43. The predicted octanol–water partition coefficient (Wildman–Crippen LogP) is 0.208. The molecule has 1 fully saturated rings. The van der Waals surface area contributed by atoms with E-state index in [1.165, 1.54) is 18.6 Å². The van der Waals surface area contributed by atoms with E-state index in [2.05, 4.69) is 14.7 Å². The highest BCUT2D eigenvalue weighted by Gasteiger charge is 2.47. The lowest BCUT2D eigenvalue weighted by Gasteiger charge is -2.15. The third kappa shape index (κ3) is 1.17. The maximum absolute atomic E-state index is 11.4. The Morgan fingerprint density at radius 2 is 2.21 bits per heavy atom. The van der Waals surface area contributed by atoms with Crippen molar-refractivity contribution in [2.24, 2.45) is 0 Å². The second kappa shape index (κ2) is 2.87. The molecule has 0 N–H and O–H groups in total. The van der Waals surface area contributed by atoms with Crippen LogP contribution < -0.4 is 0 Å². The summed E-state index contributed by atoms with van der Waals surface area (Å²) >= 11 is 0. The van der Waals surface area contributed by atoms with Gasteiger partial charge in [-0.15, -0.1) is 0 Å². The lowest BCUT2D eigenvalue weighted by molar-refractivity contribution is -0.153. The molecule has 5 heteroatoms. The number of hydrogen-bond acceptors (Lipinski definition) is 5. The Labute approximate surface area is 80.1 Å². The monoisotopic (exact) mass is 192 g/mol. The third-order valence-electron chi connectivity index (χ3n) is 2.28. The lowest BCUT2D eigenvalue weighted by Crippen LogP contribution is -2.28. The highest BCUT2D eigenvalue weighted by atomic mass is 16.6. The molecule has 1 unspecified atom stereocenters. The smallest absolute Gasteiger partial charge is 0.326 e. The number of ether oxygens (including phenoxy) is 1. The molecule has 14 heavy (non-hydrogen) atoms. The number of rotatable bonds is 1. The quantitative estimate of drug-likeness (QED) is 0.470. The molecule has 0 aliphatic carbocycles. The van der Waals surface area contributed by atoms with Crippen LogP contribution in [0.1, 0.15) is 19.0 Å². The van der Waals surface area contributed by atoms with E-state index in [1.54, 1.807) is 6.92 Å². The number of carbonyl (C=O) groups is 2. The van der Waals surface area contributed by atoms with Crippen molar-refractivity contribution in [2.45, 2.75) is 18.8 Å². The Bertz CT molecular complexity index is 390. The van der Waals surface area contributed by atoms with Gasteiger partial charge in [-0.05, 0) is 6.92 Å². The zero-order valence-electron chi connectivity index (χ0n) is 7.56. The number of esters is 2. The van der Waals surface area contributed by atoms with Gasteiger partial charge >= 0.3 is 11.9 Å². The zero-order valence-corrected chi connectivity index (χ0v) is 7.56. The molecule has 5 nitrogen and oxygen atoms in total. The van der Waals surface area contributed by atoms with Gasteiger partial charge in [0.2, 0.25) is 0 Å². The summed E-state index contributed by atoms with van der Waals surface area (Å²) in [5, 5.41) is 0. The molecule has 0 saturated carbocycles. The summed E-state index contributed by atoms with van der Waals surface area (Å²) < 4.78 is 4.49. The molecule has 1 aromatic heterocycles. The van der Waals surface area contributed by atoms with Gasteiger partial charge in [0.15, 0.2) is 0 Å². The molecule has 0 spiro atoms. The molecule has 0 aromatic carbocycles. The van der Waals surface area contributed by atoms with Gasteiger partial charge in [-0.1, -0.05) is 0 Å². The fourth-order valence-electron chi connectivity index (χ4n) is 1.39. The molecule has 0 amide bonds. The standard InChI is InChI=1S/C9H8N2O3/c1-9(4-7(12)14-8(9)13)6-5-10-2-3-11-6/h2-3,5H,4H2,1H3. The van der Waals surface area contributed by atoms with Crippen molar-refractivity contribution in [1.29, 1.82) is 0 Å². The first-order valence-corrected chi connectivity index (χ1v) is 4.14. The van der Waals surface area contributed by atoms with Crippen LogP contribution in [-0.4, -0.2) is 21.9 Å². The number of hydrogen-bond donors (Lipinski definition) is 0. The number of aromatic nitrogens is 2. The minimum atomic E-state index is -0.967. The molecule has 72 valence electrons. The molecule has 1 aromatic rings. The Morgan fingerprint density at radius 1 is 1.43 bits per heavy atom. The van der Waals surface area contributed by atoms with Crippen LogP contribution in [0.25, 0.3) is 0 Å². The molecular weight excluding hydrogens is 184 g/mol. The maximum atomic E-state index is 11.4. The van der Waals surface area contributed by atoms with E-state index >= 15 is 0 Å². The van der Waals surface area contributed by atoms with Gasteiger partial charge < -0.3 is 4.74 Å². The van der Waals surface area contributed by atoms with E-state index in [4.69, 9.17) is 0 Å². The van der Waals surface area contributed by atoms with E-state index in [0.29, 0.717) is 5.69 Å². The fraction of sp³-hybridized carbons (Fsp3) is 0.333. The number of cyclic esters (lactones) is 2. The van der Waals surface area contributed by atoms with Crippen molar-refractivity contribution in [3.05, 3.63) is 24.3 Å². The van der Waals surface area contributed by atoms with Gasteiger partial charge in [-0.3, -0.25) is 19.6 Å². The van der Waals surface area contributed by atoms with Crippen molar-refractivity contribution in [2.75, 3.05) is 0 Å². The van der Waals surface area contributed by atoms with Crippen LogP contribution >= 0.6 is 0 Å². The van der Waals surface area contributed by atoms with Gasteiger partial charge in [0.1, 0.15) is 5.41 Å². The van der Waals surface area contributed by atoms with Crippen molar-refractivity contribution >= 4 is 11.9 Å². The minimum Gasteiger partial charge on any atom is -0.392 e. The highest BCUT2D eigenvalue weighted by molar-refractivity contribution is 6.00. The van der Waals surface area contributed by atoms with Crippen LogP contribution in [0.15, 0.2) is 18.6 Å². The summed E-state index contributed by atoms with van der Waals surface area (Å²) in [6, 6.07) is 0. The molecule has 0 bridgehead atoms. The predicted molar refractivity (Wildman–Crippen MR) is 45.1 cm³/mol. The first kappa shape index (κ1) is 8.80. The molecule has 1 aliphatic heterocycles.